The average Bonchev–Trinajstić information content (AvgIpc) is 3.54. The molecule has 0 radical (unpaired) electrons. The molecule has 7 N–H and O–H groups in total. The Bertz CT molecular complexity index is 2480. The first kappa shape index (κ1) is 66.9. The van der Waals surface area contributed by atoms with E-state index in [1.54, 1.807) is 45.0 Å². The maximum Gasteiger partial charge on any atom is 0.411 e. The van der Waals surface area contributed by atoms with Crippen LogP contribution >= 0.6 is 0 Å². The standard InChI is InChI=1S/C26H38N4O4.C21H30N4O2.C11H21N3.S4/c1-17(2)22(16-29-10-8-18(14-27)9-11-29)28-24(32)23-13-19-6-7-21(31)12-20(19)15-30(23)25(33)34-26(3,4)5;1-14(2)20(13-25-7-5-15(11-22)6-8-25)24-21(27)19-10-16-3-4-18(26)9-17(16)12-23-19;1-9(2)11(13)8-14-5-3-10(7-12)4-6-14;1-3-4-2/h6-7,12,17-18,22-23,31H,8-11,13,15-16H2,1-5H3,(H,28,32);3-4,9,14-15,19-20,23,26H,5-8,10,12-13H2,1-2H3,(H,24,27);9-11H,3-6,8,13H2,1-2H3;/t22-,23-;19-,20-;11-;/m111./s1. The highest BCUT2D eigenvalue weighted by atomic mass is 33.2. The average molecular weight is 1160 g/mol. The highest BCUT2D eigenvalue weighted by Gasteiger charge is 2.39. The number of likely N-dealkylation sites (tertiary alicyclic amines) is 3. The maximum absolute atomic E-state index is 13.5. The zero-order chi connectivity index (χ0) is 58.4. The number of carbonyl (C=O) groups excluding carboxylic acids is 3. The summed E-state index contributed by atoms with van der Waals surface area (Å²) in [7, 11) is 2.34. The van der Waals surface area contributed by atoms with Crippen LogP contribution in [0.2, 0.25) is 0 Å². The van der Waals surface area contributed by atoms with Crippen molar-refractivity contribution in [1.29, 1.82) is 15.8 Å². The summed E-state index contributed by atoms with van der Waals surface area (Å²) in [5.74, 6) is 1.91. The predicted octanol–water partition coefficient (Wildman–Crippen LogP) is 6.41. The van der Waals surface area contributed by atoms with Gasteiger partial charge in [0.05, 0.1) is 30.8 Å². The molecule has 3 fully saturated rings. The van der Waals surface area contributed by atoms with E-state index in [2.05, 4.69) is 113 Å². The number of benzene rings is 2. The topological polar surface area (TPSA) is 247 Å². The van der Waals surface area contributed by atoms with Crippen molar-refractivity contribution in [1.82, 2.24) is 35.6 Å². The minimum Gasteiger partial charge on any atom is -0.508 e. The normalized spacial score (nSPS) is 20.5. The molecule has 5 heterocycles. The first-order chi connectivity index (χ1) is 37.5. The Balaban J connectivity index is 0.000000265. The van der Waals surface area contributed by atoms with E-state index in [0.717, 1.165) is 113 Å². The number of carbonyl (C=O) groups is 3. The Morgan fingerprint density at radius 1 is 0.671 bits per heavy atom. The molecule has 21 heteroatoms. The van der Waals surface area contributed by atoms with Gasteiger partial charge in [-0.25, -0.2) is 4.79 Å². The summed E-state index contributed by atoms with van der Waals surface area (Å²) in [4.78, 5) is 48.0. The van der Waals surface area contributed by atoms with Gasteiger partial charge in [-0.05, 0) is 169 Å². The molecule has 436 valence electrons. The number of aromatic hydroxyl groups is 2. The largest absolute Gasteiger partial charge is 0.508 e. The van der Waals surface area contributed by atoms with Crippen LogP contribution < -0.4 is 21.7 Å². The number of amides is 3. The molecular weight excluding hydrogens is 1070 g/mol. The van der Waals surface area contributed by atoms with E-state index in [-0.39, 0.29) is 77.7 Å². The van der Waals surface area contributed by atoms with Crippen molar-refractivity contribution in [3.8, 4) is 29.7 Å². The molecule has 79 heavy (non-hydrogen) atoms. The van der Waals surface area contributed by atoms with E-state index in [1.165, 1.54) is 22.7 Å². The molecule has 0 aliphatic carbocycles. The van der Waals surface area contributed by atoms with Crippen LogP contribution in [0, 0.1) is 69.5 Å². The summed E-state index contributed by atoms with van der Waals surface area (Å²) in [6.45, 7) is 27.1. The lowest BCUT2D eigenvalue weighted by Crippen LogP contribution is -2.57. The molecule has 5 aliphatic rings. The Kier molecular flexibility index (Phi) is 28.3. The molecule has 5 aliphatic heterocycles. The molecule has 0 bridgehead atoms. The summed E-state index contributed by atoms with van der Waals surface area (Å²) in [6.07, 6.45) is 6.04. The predicted molar refractivity (Wildman–Crippen MR) is 320 cm³/mol. The summed E-state index contributed by atoms with van der Waals surface area (Å²) >= 11 is 8.66. The van der Waals surface area contributed by atoms with Gasteiger partial charge in [-0.3, -0.25) is 14.5 Å². The van der Waals surface area contributed by atoms with Crippen LogP contribution in [0.5, 0.6) is 11.5 Å². The number of nitrogens with zero attached hydrogens (tertiary/aromatic N) is 7. The van der Waals surface area contributed by atoms with Gasteiger partial charge in [0.15, 0.2) is 0 Å². The fraction of sp³-hybridized carbons (Fsp3) is 0.690. The van der Waals surface area contributed by atoms with Crippen molar-refractivity contribution in [3.05, 3.63) is 58.7 Å². The molecule has 0 aromatic heterocycles. The number of phenolic OH excluding ortho intramolecular Hbond substituents is 2. The Labute approximate surface area is 487 Å². The Hall–Kier alpha value is -4.60. The first-order valence-corrected chi connectivity index (χ1v) is 32.1. The number of ether oxygens (including phenoxy) is 1. The minimum absolute atomic E-state index is 0.0411. The molecule has 17 nitrogen and oxygen atoms in total. The summed E-state index contributed by atoms with van der Waals surface area (Å²) in [5, 5.41) is 56.2. The number of fused-ring (bicyclic) bond motifs is 2. The quantitative estimate of drug-likeness (QED) is 0.127. The second-order valence-corrected chi connectivity index (χ2v) is 27.3. The van der Waals surface area contributed by atoms with E-state index in [9.17, 15) is 24.6 Å². The second-order valence-electron chi connectivity index (χ2n) is 23.7. The van der Waals surface area contributed by atoms with Gasteiger partial charge in [-0.15, -0.1) is 0 Å². The molecule has 3 saturated heterocycles. The van der Waals surface area contributed by atoms with E-state index in [0.29, 0.717) is 37.8 Å². The SMILES string of the molecule is CC(C)[C@@H](CN1CCC(C#N)CC1)NC(=O)[C@H]1Cc2ccc(O)cc2CN1.CC(C)[C@@H](CN1CCC(C#N)CC1)NC(=O)[C@H]1Cc2ccc(O)cc2CN1C(=O)OC(C)(C)C.CC(C)[C@H](N)CN1CCC(C#N)CC1.S=S=S=S. The fourth-order valence-electron chi connectivity index (χ4n) is 10.2. The highest BCUT2D eigenvalue weighted by molar-refractivity contribution is 8.51. The van der Waals surface area contributed by atoms with Gasteiger partial charge in [0.25, 0.3) is 0 Å². The molecule has 3 amide bonds. The van der Waals surface area contributed by atoms with Crippen LogP contribution in [0.4, 0.5) is 4.79 Å². The lowest BCUT2D eigenvalue weighted by molar-refractivity contribution is -0.128. The third kappa shape index (κ3) is 22.7. The van der Waals surface area contributed by atoms with Crippen LogP contribution in [-0.4, -0.2) is 142 Å². The van der Waals surface area contributed by atoms with Gasteiger partial charge in [0.1, 0.15) is 23.1 Å². The van der Waals surface area contributed by atoms with Crippen LogP contribution in [-0.2, 0) is 80.4 Å². The lowest BCUT2D eigenvalue weighted by atomic mass is 9.92. The summed E-state index contributed by atoms with van der Waals surface area (Å²) in [6, 6.07) is 16.8. The van der Waals surface area contributed by atoms with E-state index < -0.39 is 17.7 Å². The van der Waals surface area contributed by atoms with Gasteiger partial charge >= 0.3 is 6.09 Å². The van der Waals surface area contributed by atoms with Crippen LogP contribution in [0.3, 0.4) is 0 Å². The minimum atomic E-state index is -0.697. The molecule has 0 spiro atoms. The first-order valence-electron chi connectivity index (χ1n) is 28.1. The highest BCUT2D eigenvalue weighted by Crippen LogP contribution is 2.29. The monoisotopic (exact) mass is 1160 g/mol. The van der Waals surface area contributed by atoms with Gasteiger partial charge in [-0.2, -0.15) is 15.8 Å². The maximum atomic E-state index is 13.5. The lowest BCUT2D eigenvalue weighted by Gasteiger charge is -2.39. The van der Waals surface area contributed by atoms with Crippen molar-refractivity contribution >= 4 is 58.0 Å². The van der Waals surface area contributed by atoms with Gasteiger partial charge in [0.2, 0.25) is 11.8 Å². The van der Waals surface area contributed by atoms with E-state index >= 15 is 0 Å². The van der Waals surface area contributed by atoms with Gasteiger partial charge in [0, 0.05) is 109 Å². The van der Waals surface area contributed by atoms with Gasteiger partial charge in [-0.1, -0.05) is 53.7 Å². The van der Waals surface area contributed by atoms with Crippen LogP contribution in [0.1, 0.15) is 123 Å². The van der Waals surface area contributed by atoms with Crippen molar-refractivity contribution in [2.45, 2.75) is 163 Å². The fourth-order valence-corrected chi connectivity index (χ4v) is 10.2. The Morgan fingerprint density at radius 2 is 1.09 bits per heavy atom. The molecular formula is C58H89N11O6S4. The number of phenols is 2. The summed E-state index contributed by atoms with van der Waals surface area (Å²) < 4.78 is 5.61. The number of hydrogen-bond donors (Lipinski definition) is 6. The second kappa shape index (κ2) is 33.4. The van der Waals surface area contributed by atoms with Crippen molar-refractivity contribution < 1.29 is 29.3 Å². The van der Waals surface area contributed by atoms with Crippen molar-refractivity contribution in [3.63, 3.8) is 0 Å². The van der Waals surface area contributed by atoms with Gasteiger partial charge < -0.3 is 51.3 Å². The molecule has 2 aromatic rings. The smallest absolute Gasteiger partial charge is 0.411 e. The Morgan fingerprint density at radius 3 is 1.49 bits per heavy atom. The number of piperidine rings is 3. The number of nitrogens with two attached hydrogens (primary N) is 1. The number of hydrogen-bond acceptors (Lipinski definition) is 16. The number of nitrogens with one attached hydrogen (secondary N) is 3. The third-order valence-electron chi connectivity index (χ3n) is 15.6. The molecule has 2 aromatic carbocycles. The third-order valence-corrected chi connectivity index (χ3v) is 17.8. The zero-order valence-electron chi connectivity index (χ0n) is 48.1. The van der Waals surface area contributed by atoms with Crippen LogP contribution in [0.25, 0.3) is 0 Å². The molecule has 0 saturated carbocycles. The van der Waals surface area contributed by atoms with E-state index in [4.69, 9.17) is 26.3 Å². The van der Waals surface area contributed by atoms with Crippen LogP contribution in [0.15, 0.2) is 36.4 Å². The number of nitriles is 3. The molecule has 7 rings (SSSR count). The summed E-state index contributed by atoms with van der Waals surface area (Å²) in [5.41, 5.74) is 9.25. The van der Waals surface area contributed by atoms with Crippen molar-refractivity contribution in [2.75, 3.05) is 58.9 Å². The molecule has 5 atom stereocenters. The zero-order valence-corrected chi connectivity index (χ0v) is 51.4. The van der Waals surface area contributed by atoms with Crippen molar-refractivity contribution in [2.24, 2.45) is 41.2 Å². The van der Waals surface area contributed by atoms with E-state index in [1.807, 2.05) is 12.1 Å². The molecule has 0 unspecified atom stereocenters. The number of rotatable bonds is 13.